The van der Waals surface area contributed by atoms with Crippen molar-refractivity contribution in [2.45, 2.75) is 25.0 Å². The van der Waals surface area contributed by atoms with E-state index in [4.69, 9.17) is 9.15 Å². The summed E-state index contributed by atoms with van der Waals surface area (Å²) < 4.78 is 12.3. The fraction of sp³-hybridized carbons (Fsp3) is 0.250. The molecule has 2 aromatic heterocycles. The van der Waals surface area contributed by atoms with Gasteiger partial charge in [0.05, 0.1) is 24.1 Å². The smallest absolute Gasteiger partial charge is 0.338 e. The molecule has 0 fully saturated rings. The number of furan rings is 1. The van der Waals surface area contributed by atoms with Crippen LogP contribution in [-0.2, 0) is 9.53 Å². The van der Waals surface area contributed by atoms with Crippen LogP contribution in [0.25, 0.3) is 5.69 Å². The highest BCUT2D eigenvalue weighted by Gasteiger charge is 2.35. The van der Waals surface area contributed by atoms with Gasteiger partial charge in [-0.05, 0) is 48.0 Å². The third kappa shape index (κ3) is 4.31. The molecule has 10 nitrogen and oxygen atoms in total. The number of tetrazole rings is 1. The number of hydrogen-bond acceptors (Lipinski definition) is 8. The zero-order valence-electron chi connectivity index (χ0n) is 16.9. The van der Waals surface area contributed by atoms with Crippen LogP contribution in [0, 0.1) is 6.92 Å². The molecule has 1 aliphatic heterocycles. The first-order valence-corrected chi connectivity index (χ1v) is 10.5. The average Bonchev–Trinajstić information content (AvgIpc) is 3.44. The van der Waals surface area contributed by atoms with E-state index in [0.717, 1.165) is 11.3 Å². The first-order chi connectivity index (χ1) is 15.1. The predicted molar refractivity (Wildman–Crippen MR) is 111 cm³/mol. The van der Waals surface area contributed by atoms with Crippen molar-refractivity contribution in [3.05, 3.63) is 65.3 Å². The van der Waals surface area contributed by atoms with Gasteiger partial charge in [0, 0.05) is 11.4 Å². The molecule has 31 heavy (non-hydrogen) atoms. The lowest BCUT2D eigenvalue weighted by Crippen LogP contribution is -2.46. The van der Waals surface area contributed by atoms with Crippen molar-refractivity contribution in [3.8, 4) is 5.69 Å². The van der Waals surface area contributed by atoms with Gasteiger partial charge in [-0.25, -0.2) is 9.59 Å². The minimum atomic E-state index is -0.759. The van der Waals surface area contributed by atoms with Crippen molar-refractivity contribution < 1.29 is 18.7 Å². The molecule has 0 spiro atoms. The van der Waals surface area contributed by atoms with Crippen molar-refractivity contribution in [3.63, 3.8) is 0 Å². The quantitative estimate of drug-likeness (QED) is 0.424. The van der Waals surface area contributed by atoms with Gasteiger partial charge in [-0.15, -0.1) is 5.10 Å². The van der Waals surface area contributed by atoms with Gasteiger partial charge in [0.15, 0.2) is 0 Å². The van der Waals surface area contributed by atoms with Crippen molar-refractivity contribution in [1.82, 2.24) is 30.8 Å². The Balaban J connectivity index is 1.66. The maximum absolute atomic E-state index is 12.7. The Morgan fingerprint density at radius 3 is 2.87 bits per heavy atom. The van der Waals surface area contributed by atoms with Gasteiger partial charge in [0.25, 0.3) is 0 Å². The van der Waals surface area contributed by atoms with E-state index in [9.17, 15) is 9.59 Å². The van der Waals surface area contributed by atoms with Gasteiger partial charge in [0.2, 0.25) is 5.16 Å². The first-order valence-electron chi connectivity index (χ1n) is 9.56. The Labute approximate surface area is 182 Å². The third-order valence-corrected chi connectivity index (χ3v) is 5.55. The van der Waals surface area contributed by atoms with E-state index < -0.39 is 18.0 Å². The number of hydrogen-bond donors (Lipinski definition) is 2. The molecule has 1 aliphatic rings. The number of benzene rings is 1. The monoisotopic (exact) mass is 440 g/mol. The number of nitrogens with one attached hydrogen (secondary N) is 2. The van der Waals surface area contributed by atoms with Crippen LogP contribution in [0.2, 0.25) is 0 Å². The Kier molecular flexibility index (Phi) is 6.03. The summed E-state index contributed by atoms with van der Waals surface area (Å²) in [6.45, 7) is 3.89. The number of urea groups is 1. The van der Waals surface area contributed by atoms with Gasteiger partial charge in [-0.3, -0.25) is 0 Å². The Bertz CT molecular complexity index is 1120. The summed E-state index contributed by atoms with van der Waals surface area (Å²) in [6, 6.07) is 9.91. The average molecular weight is 440 g/mol. The van der Waals surface area contributed by atoms with E-state index in [1.54, 1.807) is 23.7 Å². The second-order valence-corrected chi connectivity index (χ2v) is 7.55. The summed E-state index contributed by atoms with van der Waals surface area (Å²) in [7, 11) is 0. The molecule has 0 radical (unpaired) electrons. The molecular formula is C20H20N6O4S. The van der Waals surface area contributed by atoms with Crippen LogP contribution in [0.15, 0.2) is 63.5 Å². The Hall–Kier alpha value is -3.60. The first kappa shape index (κ1) is 20.7. The molecule has 0 bridgehead atoms. The number of para-hydroxylation sites is 1. The number of esters is 1. The Morgan fingerprint density at radius 2 is 2.13 bits per heavy atom. The molecule has 4 rings (SSSR count). The highest BCUT2D eigenvalue weighted by Crippen LogP contribution is 2.31. The molecule has 0 saturated heterocycles. The minimum absolute atomic E-state index is 0.201. The molecule has 1 atom stereocenters. The van der Waals surface area contributed by atoms with Gasteiger partial charge in [-0.1, -0.05) is 30.0 Å². The number of amides is 2. The van der Waals surface area contributed by atoms with Crippen LogP contribution in [0.5, 0.6) is 0 Å². The number of aryl methyl sites for hydroxylation is 1. The lowest BCUT2D eigenvalue weighted by atomic mass is 10.0. The van der Waals surface area contributed by atoms with E-state index in [1.807, 2.05) is 31.2 Å². The lowest BCUT2D eigenvalue weighted by molar-refractivity contribution is -0.139. The molecule has 160 valence electrons. The van der Waals surface area contributed by atoms with Gasteiger partial charge in [-0.2, -0.15) is 4.68 Å². The van der Waals surface area contributed by atoms with Crippen LogP contribution in [0.1, 0.15) is 24.3 Å². The third-order valence-electron chi connectivity index (χ3n) is 4.61. The van der Waals surface area contributed by atoms with Gasteiger partial charge < -0.3 is 19.8 Å². The lowest BCUT2D eigenvalue weighted by Gasteiger charge is -2.27. The molecule has 2 N–H and O–H groups in total. The van der Waals surface area contributed by atoms with E-state index in [2.05, 4.69) is 26.2 Å². The van der Waals surface area contributed by atoms with Gasteiger partial charge in [0.1, 0.15) is 11.8 Å². The van der Waals surface area contributed by atoms with Crippen LogP contribution in [0.3, 0.4) is 0 Å². The second-order valence-electron chi connectivity index (χ2n) is 6.61. The van der Waals surface area contributed by atoms with Crippen LogP contribution < -0.4 is 10.6 Å². The normalized spacial score (nSPS) is 16.1. The van der Waals surface area contributed by atoms with Crippen molar-refractivity contribution in [1.29, 1.82) is 0 Å². The maximum Gasteiger partial charge on any atom is 0.338 e. The van der Waals surface area contributed by atoms with Crippen molar-refractivity contribution in [2.75, 3.05) is 12.4 Å². The maximum atomic E-state index is 12.7. The zero-order valence-corrected chi connectivity index (χ0v) is 17.7. The number of aromatic nitrogens is 4. The fourth-order valence-electron chi connectivity index (χ4n) is 3.21. The molecule has 0 unspecified atom stereocenters. The largest absolute Gasteiger partial charge is 0.467 e. The minimum Gasteiger partial charge on any atom is -0.467 e. The second kappa shape index (κ2) is 9.04. The highest BCUT2D eigenvalue weighted by atomic mass is 32.2. The zero-order chi connectivity index (χ0) is 21.8. The molecule has 0 aliphatic carbocycles. The van der Waals surface area contributed by atoms with E-state index in [1.165, 1.54) is 18.0 Å². The van der Waals surface area contributed by atoms with Crippen LogP contribution >= 0.6 is 11.8 Å². The van der Waals surface area contributed by atoms with E-state index >= 15 is 0 Å². The molecular weight excluding hydrogens is 420 g/mol. The van der Waals surface area contributed by atoms with Crippen molar-refractivity contribution in [2.24, 2.45) is 0 Å². The number of ether oxygens (including phenoxy) is 1. The Morgan fingerprint density at radius 1 is 1.29 bits per heavy atom. The van der Waals surface area contributed by atoms with Gasteiger partial charge >= 0.3 is 12.0 Å². The standard InChI is InChI=1S/C20H20N6O4S/c1-3-29-18(27)16-13(21-19(28)22-17(16)15-9-6-10-30-15)11-31-20-23-24-25-26(20)14-8-5-4-7-12(14)2/h4-10,17H,3,11H2,1-2H3,(H2,21,22,28)/t17-/m0/s1. The number of carbonyl (C=O) groups excluding carboxylic acids is 2. The summed E-state index contributed by atoms with van der Waals surface area (Å²) >= 11 is 1.29. The molecule has 2 amide bonds. The number of nitrogens with zero attached hydrogens (tertiary/aromatic N) is 4. The topological polar surface area (TPSA) is 124 Å². The van der Waals surface area contributed by atoms with E-state index in [0.29, 0.717) is 16.6 Å². The molecule has 3 aromatic rings. The number of thioether (sulfide) groups is 1. The molecule has 1 aromatic carbocycles. The molecule has 0 saturated carbocycles. The summed E-state index contributed by atoms with van der Waals surface area (Å²) in [5.74, 6) is 0.140. The number of carbonyl (C=O) groups is 2. The molecule has 3 heterocycles. The SMILES string of the molecule is CCOC(=O)C1=C(CSc2nnnn2-c2ccccc2C)NC(=O)N[C@H]1c1ccco1. The molecule has 11 heteroatoms. The summed E-state index contributed by atoms with van der Waals surface area (Å²) in [5.41, 5.74) is 2.54. The highest BCUT2D eigenvalue weighted by molar-refractivity contribution is 7.99. The van der Waals surface area contributed by atoms with Crippen LogP contribution in [-0.4, -0.2) is 44.6 Å². The summed E-state index contributed by atoms with van der Waals surface area (Å²) in [6.07, 6.45) is 1.48. The summed E-state index contributed by atoms with van der Waals surface area (Å²) in [4.78, 5) is 25.0. The predicted octanol–water partition coefficient (Wildman–Crippen LogP) is 2.53. The van der Waals surface area contributed by atoms with Crippen molar-refractivity contribution >= 4 is 23.8 Å². The fourth-order valence-corrected chi connectivity index (χ4v) is 4.06. The van der Waals surface area contributed by atoms with Crippen LogP contribution in [0.4, 0.5) is 4.79 Å². The van der Waals surface area contributed by atoms with E-state index in [-0.39, 0.29) is 17.9 Å². The summed E-state index contributed by atoms with van der Waals surface area (Å²) in [5, 5.41) is 17.9. The number of rotatable bonds is 7.